The second-order valence-corrected chi connectivity index (χ2v) is 4.25. The Morgan fingerprint density at radius 3 is 2.59 bits per heavy atom. The SMILES string of the molecule is CC(N)Cn1c(=O)c2ccccc2n(C)c1=O. The second-order valence-electron chi connectivity index (χ2n) is 4.25. The number of nitrogens with two attached hydrogens (primary N) is 1. The fourth-order valence-corrected chi connectivity index (χ4v) is 1.91. The molecule has 2 rings (SSSR count). The molecule has 0 saturated heterocycles. The molecule has 0 saturated carbocycles. The van der Waals surface area contributed by atoms with E-state index in [0.29, 0.717) is 10.9 Å². The van der Waals surface area contributed by atoms with Gasteiger partial charge in [-0.05, 0) is 19.1 Å². The van der Waals surface area contributed by atoms with Crippen LogP contribution in [0.4, 0.5) is 0 Å². The lowest BCUT2D eigenvalue weighted by atomic mass is 10.2. The van der Waals surface area contributed by atoms with Crippen LogP contribution in [0.1, 0.15) is 6.92 Å². The molecule has 0 spiro atoms. The first-order chi connectivity index (χ1) is 8.02. The minimum absolute atomic E-state index is 0.232. The molecule has 0 bridgehead atoms. The third kappa shape index (κ3) is 1.89. The van der Waals surface area contributed by atoms with Crippen molar-refractivity contribution in [1.82, 2.24) is 9.13 Å². The summed E-state index contributed by atoms with van der Waals surface area (Å²) in [4.78, 5) is 24.1. The molecule has 1 aromatic heterocycles. The molecule has 1 aromatic carbocycles. The van der Waals surface area contributed by atoms with Gasteiger partial charge >= 0.3 is 5.69 Å². The highest BCUT2D eigenvalue weighted by Crippen LogP contribution is 2.05. The van der Waals surface area contributed by atoms with Crippen molar-refractivity contribution in [2.24, 2.45) is 12.8 Å². The number of fused-ring (bicyclic) bond motifs is 1. The average molecular weight is 233 g/mol. The first-order valence-electron chi connectivity index (χ1n) is 5.46. The van der Waals surface area contributed by atoms with Crippen molar-refractivity contribution < 1.29 is 0 Å². The third-order valence-corrected chi connectivity index (χ3v) is 2.73. The Hall–Kier alpha value is -1.88. The van der Waals surface area contributed by atoms with Crippen LogP contribution in [0.25, 0.3) is 10.9 Å². The van der Waals surface area contributed by atoms with Crippen molar-refractivity contribution in [2.45, 2.75) is 19.5 Å². The van der Waals surface area contributed by atoms with Gasteiger partial charge in [-0.1, -0.05) is 12.1 Å². The summed E-state index contributed by atoms with van der Waals surface area (Å²) in [7, 11) is 1.65. The highest BCUT2D eigenvalue weighted by atomic mass is 16.2. The van der Waals surface area contributed by atoms with Gasteiger partial charge in [-0.15, -0.1) is 0 Å². The first kappa shape index (κ1) is 11.6. The molecular weight excluding hydrogens is 218 g/mol. The molecule has 1 unspecified atom stereocenters. The predicted octanol–water partition coefficient (Wildman–Crippen LogP) is 0.0474. The summed E-state index contributed by atoms with van der Waals surface area (Å²) in [5.41, 5.74) is 5.69. The Morgan fingerprint density at radius 2 is 1.94 bits per heavy atom. The lowest BCUT2D eigenvalue weighted by Gasteiger charge is -2.12. The summed E-state index contributed by atoms with van der Waals surface area (Å²) in [6.07, 6.45) is 0. The summed E-state index contributed by atoms with van der Waals surface area (Å²) in [6, 6.07) is 6.83. The Kier molecular flexibility index (Phi) is 2.85. The number of benzene rings is 1. The molecule has 1 heterocycles. The maximum Gasteiger partial charge on any atom is 0.331 e. The number of hydrogen-bond acceptors (Lipinski definition) is 3. The number of para-hydroxylation sites is 1. The fourth-order valence-electron chi connectivity index (χ4n) is 1.91. The van der Waals surface area contributed by atoms with Crippen molar-refractivity contribution in [3.05, 3.63) is 45.1 Å². The van der Waals surface area contributed by atoms with Crippen LogP contribution in [0.2, 0.25) is 0 Å². The van der Waals surface area contributed by atoms with Gasteiger partial charge in [0, 0.05) is 19.6 Å². The summed E-state index contributed by atoms with van der Waals surface area (Å²) < 4.78 is 2.66. The molecular formula is C12H15N3O2. The van der Waals surface area contributed by atoms with E-state index in [4.69, 9.17) is 5.73 Å². The highest BCUT2D eigenvalue weighted by molar-refractivity contribution is 5.77. The number of rotatable bonds is 2. The fraction of sp³-hybridized carbons (Fsp3) is 0.333. The van der Waals surface area contributed by atoms with Crippen molar-refractivity contribution >= 4 is 10.9 Å². The largest absolute Gasteiger partial charge is 0.331 e. The molecule has 90 valence electrons. The molecule has 0 radical (unpaired) electrons. The van der Waals surface area contributed by atoms with Gasteiger partial charge in [0.1, 0.15) is 0 Å². The van der Waals surface area contributed by atoms with Gasteiger partial charge in [-0.2, -0.15) is 0 Å². The van der Waals surface area contributed by atoms with Crippen LogP contribution < -0.4 is 17.0 Å². The Morgan fingerprint density at radius 1 is 1.29 bits per heavy atom. The van der Waals surface area contributed by atoms with Crippen LogP contribution in [-0.4, -0.2) is 15.2 Å². The van der Waals surface area contributed by atoms with E-state index < -0.39 is 0 Å². The van der Waals surface area contributed by atoms with E-state index in [2.05, 4.69) is 0 Å². The monoisotopic (exact) mass is 233 g/mol. The van der Waals surface area contributed by atoms with E-state index in [-0.39, 0.29) is 23.8 Å². The van der Waals surface area contributed by atoms with Gasteiger partial charge in [0.15, 0.2) is 0 Å². The predicted molar refractivity (Wildman–Crippen MR) is 67.1 cm³/mol. The maximum absolute atomic E-state index is 12.1. The minimum Gasteiger partial charge on any atom is -0.326 e. The van der Waals surface area contributed by atoms with E-state index >= 15 is 0 Å². The zero-order valence-electron chi connectivity index (χ0n) is 9.88. The van der Waals surface area contributed by atoms with E-state index in [9.17, 15) is 9.59 Å². The quantitative estimate of drug-likeness (QED) is 0.796. The normalized spacial score (nSPS) is 12.9. The minimum atomic E-state index is -0.328. The molecule has 0 aliphatic carbocycles. The van der Waals surface area contributed by atoms with E-state index in [1.807, 2.05) is 0 Å². The molecule has 0 amide bonds. The summed E-state index contributed by atoms with van der Waals surface area (Å²) in [6.45, 7) is 2.00. The molecule has 17 heavy (non-hydrogen) atoms. The molecule has 0 aliphatic heterocycles. The van der Waals surface area contributed by atoms with E-state index in [1.54, 1.807) is 38.2 Å². The van der Waals surface area contributed by atoms with Gasteiger partial charge in [-0.3, -0.25) is 13.9 Å². The van der Waals surface area contributed by atoms with Crippen LogP contribution in [0.5, 0.6) is 0 Å². The zero-order chi connectivity index (χ0) is 12.6. The topological polar surface area (TPSA) is 70.0 Å². The summed E-state index contributed by atoms with van der Waals surface area (Å²) >= 11 is 0. The van der Waals surface area contributed by atoms with Crippen LogP contribution in [0.3, 0.4) is 0 Å². The molecule has 5 nitrogen and oxygen atoms in total. The number of nitrogens with zero attached hydrogens (tertiary/aromatic N) is 2. The molecule has 2 N–H and O–H groups in total. The van der Waals surface area contributed by atoms with Crippen LogP contribution in [0.15, 0.2) is 33.9 Å². The molecule has 2 aromatic rings. The van der Waals surface area contributed by atoms with Crippen molar-refractivity contribution in [3.63, 3.8) is 0 Å². The van der Waals surface area contributed by atoms with Gasteiger partial charge in [0.2, 0.25) is 0 Å². The lowest BCUT2D eigenvalue weighted by Crippen LogP contribution is -2.42. The second kappa shape index (κ2) is 4.18. The lowest BCUT2D eigenvalue weighted by molar-refractivity contribution is 0.538. The van der Waals surface area contributed by atoms with Gasteiger partial charge in [0.05, 0.1) is 10.9 Å². The summed E-state index contributed by atoms with van der Waals surface area (Å²) in [5.74, 6) is 0. The molecule has 5 heteroatoms. The third-order valence-electron chi connectivity index (χ3n) is 2.73. The summed E-state index contributed by atoms with van der Waals surface area (Å²) in [5, 5.41) is 0.537. The van der Waals surface area contributed by atoms with Crippen molar-refractivity contribution in [1.29, 1.82) is 0 Å². The Bertz CT molecular complexity index is 667. The first-order valence-corrected chi connectivity index (χ1v) is 5.46. The van der Waals surface area contributed by atoms with Crippen LogP contribution in [0, 0.1) is 0 Å². The molecule has 0 fully saturated rings. The molecule has 0 aliphatic rings. The number of hydrogen-bond donors (Lipinski definition) is 1. The maximum atomic E-state index is 12.1. The number of aromatic nitrogens is 2. The number of aryl methyl sites for hydroxylation is 1. The standard InChI is InChI=1S/C12H15N3O2/c1-8(13)7-15-11(16)9-5-3-4-6-10(9)14(2)12(15)17/h3-6,8H,7,13H2,1-2H3. The highest BCUT2D eigenvalue weighted by Gasteiger charge is 2.10. The van der Waals surface area contributed by atoms with Crippen LogP contribution >= 0.6 is 0 Å². The molecule has 1 atom stereocenters. The van der Waals surface area contributed by atoms with Crippen LogP contribution in [-0.2, 0) is 13.6 Å². The Balaban J connectivity index is 2.87. The smallest absolute Gasteiger partial charge is 0.326 e. The van der Waals surface area contributed by atoms with E-state index in [1.165, 1.54) is 9.13 Å². The zero-order valence-corrected chi connectivity index (χ0v) is 9.88. The van der Waals surface area contributed by atoms with Crippen molar-refractivity contribution in [2.75, 3.05) is 0 Å². The van der Waals surface area contributed by atoms with E-state index in [0.717, 1.165) is 0 Å². The van der Waals surface area contributed by atoms with Gasteiger partial charge in [-0.25, -0.2) is 4.79 Å². The van der Waals surface area contributed by atoms with Gasteiger partial charge < -0.3 is 5.73 Å². The Labute approximate surface area is 98.1 Å². The van der Waals surface area contributed by atoms with Crippen molar-refractivity contribution in [3.8, 4) is 0 Å². The van der Waals surface area contributed by atoms with Gasteiger partial charge in [0.25, 0.3) is 5.56 Å². The average Bonchev–Trinajstić information content (AvgIpc) is 2.31.